The molecule has 8 aromatic carbocycles. The van der Waals surface area contributed by atoms with Gasteiger partial charge in [0.25, 0.3) is 0 Å². The maximum atomic E-state index is 11.1. The van der Waals surface area contributed by atoms with Crippen LogP contribution in [-0.2, 0) is 0 Å². The zero-order chi connectivity index (χ0) is 45.7. The lowest BCUT2D eigenvalue weighted by Crippen LogP contribution is -2.00. The van der Waals surface area contributed by atoms with Crippen molar-refractivity contribution in [2.45, 2.75) is 0 Å². The Bertz CT molecular complexity index is 3710. The van der Waals surface area contributed by atoms with E-state index in [0.29, 0.717) is 61.7 Å². The first-order chi connectivity index (χ1) is 31.9. The van der Waals surface area contributed by atoms with Crippen LogP contribution in [0.4, 0.5) is 0 Å². The molecule has 66 heavy (non-hydrogen) atoms. The molecule has 0 atom stereocenters. The Morgan fingerprint density at radius 3 is 1.39 bits per heavy atom. The van der Waals surface area contributed by atoms with Gasteiger partial charge in [0, 0.05) is 50.0 Å². The molecular formula is C51H32N4O11. The summed E-state index contributed by atoms with van der Waals surface area (Å²) in [6, 6.07) is 39.8. The molecule has 15 nitrogen and oxygen atoms in total. The molecule has 10 N–H and O–H groups in total. The molecule has 0 saturated carbocycles. The van der Waals surface area contributed by atoms with Gasteiger partial charge in [-0.2, -0.15) is 0 Å². The zero-order valence-electron chi connectivity index (χ0n) is 33.9. The average Bonchev–Trinajstić information content (AvgIpc) is 3.89. The Balaban J connectivity index is 1.12. The first-order valence-corrected chi connectivity index (χ1v) is 20.2. The molecule has 11 aromatic rings. The van der Waals surface area contributed by atoms with Crippen LogP contribution in [-0.4, -0.2) is 70.6 Å². The Hall–Kier alpha value is -9.63. The van der Waals surface area contributed by atoms with E-state index in [0.717, 1.165) is 21.9 Å². The molecule has 3 aromatic heterocycles. The lowest BCUT2D eigenvalue weighted by molar-refractivity contribution is 0.330. The summed E-state index contributed by atoms with van der Waals surface area (Å²) >= 11 is 0. The number of benzene rings is 8. The van der Waals surface area contributed by atoms with Crippen molar-refractivity contribution in [3.63, 3.8) is 0 Å². The van der Waals surface area contributed by atoms with Gasteiger partial charge in [0.1, 0.15) is 11.2 Å². The smallest absolute Gasteiger partial charge is 0.208 e. The molecule has 0 aliphatic rings. The van der Waals surface area contributed by atoms with E-state index in [-0.39, 0.29) is 11.1 Å². The Morgan fingerprint density at radius 1 is 0.348 bits per heavy atom. The molecule has 3 heterocycles. The zero-order valence-corrected chi connectivity index (χ0v) is 33.9. The normalized spacial score (nSPS) is 11.6. The number of phenols is 10. The Morgan fingerprint density at radius 2 is 0.818 bits per heavy atom. The van der Waals surface area contributed by atoms with Gasteiger partial charge in [-0.15, -0.1) is 0 Å². The molecule has 0 aliphatic heterocycles. The number of hydrogen-bond donors (Lipinski definition) is 10. The number of aromatic hydroxyl groups is 10. The van der Waals surface area contributed by atoms with Crippen LogP contribution in [0.1, 0.15) is 0 Å². The van der Waals surface area contributed by atoms with E-state index < -0.39 is 68.6 Å². The monoisotopic (exact) mass is 876 g/mol. The summed E-state index contributed by atoms with van der Waals surface area (Å²) < 4.78 is 8.33. The fourth-order valence-electron chi connectivity index (χ4n) is 8.59. The number of hydrogen-bond acceptors (Lipinski definition) is 14. The predicted octanol–water partition coefficient (Wildman–Crippen LogP) is 10.3. The van der Waals surface area contributed by atoms with Crippen molar-refractivity contribution < 1.29 is 55.5 Å². The third-order valence-corrected chi connectivity index (χ3v) is 11.8. The highest BCUT2D eigenvalue weighted by molar-refractivity contribution is 6.18. The second-order valence-electron chi connectivity index (χ2n) is 15.5. The summed E-state index contributed by atoms with van der Waals surface area (Å²) in [5.74, 6) is -8.73. The number of nitrogens with zero attached hydrogens (tertiary/aromatic N) is 4. The molecule has 0 fully saturated rings. The lowest BCUT2D eigenvalue weighted by Gasteiger charge is -2.14. The molecule has 15 heteroatoms. The van der Waals surface area contributed by atoms with Gasteiger partial charge in [0.15, 0.2) is 40.5 Å². The summed E-state index contributed by atoms with van der Waals surface area (Å²) in [4.78, 5) is 14.5. The molecule has 0 amide bonds. The van der Waals surface area contributed by atoms with E-state index >= 15 is 0 Å². The molecule has 0 aliphatic carbocycles. The first-order valence-electron chi connectivity index (χ1n) is 20.2. The van der Waals surface area contributed by atoms with Crippen molar-refractivity contribution in [3.8, 4) is 120 Å². The van der Waals surface area contributed by atoms with Crippen molar-refractivity contribution in [1.82, 2.24) is 19.5 Å². The fourth-order valence-corrected chi connectivity index (χ4v) is 8.59. The summed E-state index contributed by atoms with van der Waals surface area (Å²) in [5.41, 5.74) is 4.08. The van der Waals surface area contributed by atoms with Crippen molar-refractivity contribution in [3.05, 3.63) is 133 Å². The third kappa shape index (κ3) is 5.80. The van der Waals surface area contributed by atoms with Crippen molar-refractivity contribution in [1.29, 1.82) is 0 Å². The van der Waals surface area contributed by atoms with Crippen LogP contribution in [0.25, 0.3) is 106 Å². The third-order valence-electron chi connectivity index (χ3n) is 11.8. The van der Waals surface area contributed by atoms with E-state index in [1.54, 1.807) is 28.8 Å². The molecule has 0 saturated heterocycles. The van der Waals surface area contributed by atoms with Gasteiger partial charge < -0.3 is 60.0 Å². The van der Waals surface area contributed by atoms with Crippen LogP contribution in [0.3, 0.4) is 0 Å². The highest BCUT2D eigenvalue weighted by Crippen LogP contribution is 2.58. The quantitative estimate of drug-likeness (QED) is 0.0551. The highest BCUT2D eigenvalue weighted by atomic mass is 16.4. The summed E-state index contributed by atoms with van der Waals surface area (Å²) in [6.07, 6.45) is 0. The number of furan rings is 1. The fraction of sp³-hybridized carbons (Fsp3) is 0. The van der Waals surface area contributed by atoms with Crippen molar-refractivity contribution >= 4 is 43.7 Å². The van der Waals surface area contributed by atoms with Gasteiger partial charge in [-0.25, -0.2) is 15.0 Å². The molecule has 11 rings (SSSR count). The molecule has 0 spiro atoms. The van der Waals surface area contributed by atoms with Crippen LogP contribution < -0.4 is 0 Å². The van der Waals surface area contributed by atoms with Gasteiger partial charge in [0.05, 0.1) is 22.2 Å². The Labute approximate surface area is 370 Å². The van der Waals surface area contributed by atoms with Gasteiger partial charge >= 0.3 is 0 Å². The second-order valence-corrected chi connectivity index (χ2v) is 15.5. The molecule has 0 unspecified atom stereocenters. The topological polar surface area (TPSA) is 259 Å². The van der Waals surface area contributed by atoms with Crippen LogP contribution >= 0.6 is 0 Å². The Kier molecular flexibility index (Phi) is 8.60. The molecule has 0 bridgehead atoms. The van der Waals surface area contributed by atoms with Gasteiger partial charge in [-0.3, -0.25) is 0 Å². The summed E-state index contributed by atoms with van der Waals surface area (Å²) in [6.45, 7) is 0. The second kappa shape index (κ2) is 14.5. The van der Waals surface area contributed by atoms with Crippen LogP contribution in [0.2, 0.25) is 0 Å². The van der Waals surface area contributed by atoms with Gasteiger partial charge in [-0.1, -0.05) is 91.0 Å². The SMILES string of the molecule is Oc1c(O)c(O)c(-c2ccc3c4c(-c5c(O)c(O)c(O)c(O)c5O)cccc4n(-c4ccc5c(c4)oc4cc(-c6nc(-c7ccccc7)nc(-c7ccccc7)n6)ccc45)c3c2)c(O)c1O. The minimum atomic E-state index is -1.12. The summed E-state index contributed by atoms with van der Waals surface area (Å²) in [7, 11) is 0. The standard InChI is InChI=1S/C51H32N4O11/c56-39-36(40(57)44(61)47(64)43(39)60)25-14-18-30-33(20-25)55(32-13-7-12-31(37(30)32)38-41(58)45(62)48(65)46(63)42(38)59)27-16-19-29-28-17-15-26(21-34(28)66-35(29)22-27)51-53-49(23-8-3-1-4-9-23)52-50(54-51)24-10-5-2-6-11-24/h1-22,56-65H. The van der Waals surface area contributed by atoms with E-state index in [9.17, 15) is 51.1 Å². The van der Waals surface area contributed by atoms with Crippen molar-refractivity contribution in [2.24, 2.45) is 0 Å². The summed E-state index contributed by atoms with van der Waals surface area (Å²) in [5, 5.41) is 109. The van der Waals surface area contributed by atoms with Gasteiger partial charge in [-0.05, 0) is 47.5 Å². The van der Waals surface area contributed by atoms with E-state index in [1.165, 1.54) is 18.2 Å². The predicted molar refractivity (Wildman–Crippen MR) is 245 cm³/mol. The highest BCUT2D eigenvalue weighted by Gasteiger charge is 2.29. The average molecular weight is 877 g/mol. The molecular weight excluding hydrogens is 845 g/mol. The van der Waals surface area contributed by atoms with Gasteiger partial charge in [0.2, 0.25) is 34.5 Å². The molecule has 0 radical (unpaired) electrons. The van der Waals surface area contributed by atoms with E-state index in [4.69, 9.17) is 19.4 Å². The van der Waals surface area contributed by atoms with E-state index in [1.807, 2.05) is 91.0 Å². The lowest BCUT2D eigenvalue weighted by atomic mass is 9.95. The number of phenolic OH excluding ortho intramolecular Hbond substituents is 10. The first kappa shape index (κ1) is 39.2. The minimum Gasteiger partial charge on any atom is -0.504 e. The number of aromatic nitrogens is 4. The number of fused-ring (bicyclic) bond motifs is 6. The van der Waals surface area contributed by atoms with Crippen LogP contribution in [0.15, 0.2) is 138 Å². The van der Waals surface area contributed by atoms with Crippen LogP contribution in [0, 0.1) is 0 Å². The maximum absolute atomic E-state index is 11.1. The minimum absolute atomic E-state index is 0.0841. The largest absolute Gasteiger partial charge is 0.504 e. The number of rotatable bonds is 6. The van der Waals surface area contributed by atoms with Crippen LogP contribution in [0.5, 0.6) is 57.5 Å². The molecule has 322 valence electrons. The van der Waals surface area contributed by atoms with Crippen molar-refractivity contribution in [2.75, 3.05) is 0 Å². The van der Waals surface area contributed by atoms with E-state index in [2.05, 4.69) is 0 Å². The maximum Gasteiger partial charge on any atom is 0.208 e.